The lowest BCUT2D eigenvalue weighted by Gasteiger charge is -2.28. The van der Waals surface area contributed by atoms with Gasteiger partial charge in [-0.2, -0.15) is 0 Å². The molecule has 0 aliphatic carbocycles. The fraction of sp³-hybridized carbons (Fsp3) is 0.316. The van der Waals surface area contributed by atoms with Crippen molar-refractivity contribution in [2.75, 3.05) is 15.9 Å². The Kier molecular flexibility index (Phi) is 5.98. The van der Waals surface area contributed by atoms with Gasteiger partial charge in [-0.15, -0.1) is 0 Å². The number of benzene rings is 2. The van der Waals surface area contributed by atoms with E-state index in [1.54, 1.807) is 25.1 Å². The van der Waals surface area contributed by atoms with Gasteiger partial charge < -0.3 is 5.32 Å². The van der Waals surface area contributed by atoms with Crippen molar-refractivity contribution in [2.45, 2.75) is 33.7 Å². The van der Waals surface area contributed by atoms with Crippen molar-refractivity contribution in [2.24, 2.45) is 0 Å². The number of carbonyl (C=O) groups excluding carboxylic acids is 1. The predicted molar refractivity (Wildman–Crippen MR) is 108 cm³/mol. The topological polar surface area (TPSA) is 66.5 Å². The molecule has 0 bridgehead atoms. The molecule has 1 N–H and O–H groups in total. The average Bonchev–Trinajstić information content (AvgIpc) is 2.49. The van der Waals surface area contributed by atoms with Crippen molar-refractivity contribution >= 4 is 38.9 Å². The van der Waals surface area contributed by atoms with E-state index in [1.807, 2.05) is 32.9 Å². The highest BCUT2D eigenvalue weighted by Gasteiger charge is 2.29. The van der Waals surface area contributed by atoms with Crippen LogP contribution in [0.15, 0.2) is 36.4 Å². The first kappa shape index (κ1) is 20.3. The second-order valence-corrected chi connectivity index (χ2v) is 8.77. The molecular formula is C19H23ClN2O3S. The van der Waals surface area contributed by atoms with Crippen molar-refractivity contribution in [1.29, 1.82) is 0 Å². The number of hydrogen-bond acceptors (Lipinski definition) is 3. The third kappa shape index (κ3) is 4.56. The van der Waals surface area contributed by atoms with E-state index in [0.29, 0.717) is 16.4 Å². The smallest absolute Gasteiger partial charge is 0.248 e. The van der Waals surface area contributed by atoms with E-state index in [0.717, 1.165) is 27.3 Å². The van der Waals surface area contributed by atoms with Crippen molar-refractivity contribution < 1.29 is 13.2 Å². The van der Waals surface area contributed by atoms with Crippen LogP contribution in [-0.2, 0) is 14.8 Å². The minimum atomic E-state index is -3.68. The Labute approximate surface area is 160 Å². The van der Waals surface area contributed by atoms with Crippen LogP contribution in [0.3, 0.4) is 0 Å². The van der Waals surface area contributed by atoms with Gasteiger partial charge in [0.05, 0.1) is 11.9 Å². The molecule has 0 heterocycles. The molecular weight excluding hydrogens is 372 g/mol. The molecule has 7 heteroatoms. The fourth-order valence-electron chi connectivity index (χ4n) is 3.03. The molecule has 2 rings (SSSR count). The lowest BCUT2D eigenvalue weighted by atomic mass is 10.0. The molecule has 140 valence electrons. The molecule has 0 unspecified atom stereocenters. The minimum absolute atomic E-state index is 0.347. The first-order chi connectivity index (χ1) is 12.0. The highest BCUT2D eigenvalue weighted by Crippen LogP contribution is 2.26. The van der Waals surface area contributed by atoms with Crippen molar-refractivity contribution in [1.82, 2.24) is 0 Å². The molecule has 0 aliphatic rings. The lowest BCUT2D eigenvalue weighted by molar-refractivity contribution is -0.116. The van der Waals surface area contributed by atoms with Crippen molar-refractivity contribution in [3.63, 3.8) is 0 Å². The Hall–Kier alpha value is -2.05. The zero-order chi connectivity index (χ0) is 19.6. The first-order valence-corrected chi connectivity index (χ1v) is 10.4. The van der Waals surface area contributed by atoms with Crippen LogP contribution in [0.4, 0.5) is 11.4 Å². The highest BCUT2D eigenvalue weighted by molar-refractivity contribution is 7.92. The number of amides is 1. The number of carbonyl (C=O) groups is 1. The Morgan fingerprint density at radius 3 is 2.19 bits per heavy atom. The number of anilines is 2. The minimum Gasteiger partial charge on any atom is -0.324 e. The van der Waals surface area contributed by atoms with Gasteiger partial charge in [-0.25, -0.2) is 8.42 Å². The molecule has 0 fully saturated rings. The third-order valence-corrected chi connectivity index (χ3v) is 5.55. The van der Waals surface area contributed by atoms with Gasteiger partial charge in [-0.05, 0) is 57.0 Å². The van der Waals surface area contributed by atoms with Crippen LogP contribution in [0.5, 0.6) is 0 Å². The van der Waals surface area contributed by atoms with Gasteiger partial charge in [0.2, 0.25) is 15.9 Å². The van der Waals surface area contributed by atoms with Gasteiger partial charge >= 0.3 is 0 Å². The molecule has 0 aromatic heterocycles. The summed E-state index contributed by atoms with van der Waals surface area (Å²) in [6.45, 7) is 7.35. The molecule has 2 aromatic carbocycles. The number of nitrogens with one attached hydrogen (secondary N) is 1. The predicted octanol–water partition coefficient (Wildman–Crippen LogP) is 4.06. The quantitative estimate of drug-likeness (QED) is 0.831. The normalized spacial score (nSPS) is 12.5. The van der Waals surface area contributed by atoms with Crippen LogP contribution in [0, 0.1) is 20.8 Å². The van der Waals surface area contributed by atoms with E-state index >= 15 is 0 Å². The summed E-state index contributed by atoms with van der Waals surface area (Å²) in [6.07, 6.45) is 1.07. The number of nitrogens with zero attached hydrogens (tertiary/aromatic N) is 1. The number of rotatable bonds is 5. The van der Waals surface area contributed by atoms with Crippen LogP contribution in [0.2, 0.25) is 5.02 Å². The Morgan fingerprint density at radius 1 is 1.12 bits per heavy atom. The van der Waals surface area contributed by atoms with Gasteiger partial charge in [0.15, 0.2) is 0 Å². The highest BCUT2D eigenvalue weighted by atomic mass is 35.5. The van der Waals surface area contributed by atoms with Crippen LogP contribution in [-0.4, -0.2) is 26.6 Å². The van der Waals surface area contributed by atoms with Crippen LogP contribution >= 0.6 is 11.6 Å². The second kappa shape index (κ2) is 7.68. The molecule has 26 heavy (non-hydrogen) atoms. The second-order valence-electron chi connectivity index (χ2n) is 6.48. The zero-order valence-electron chi connectivity index (χ0n) is 15.5. The van der Waals surface area contributed by atoms with Gasteiger partial charge in [0.1, 0.15) is 6.04 Å². The summed E-state index contributed by atoms with van der Waals surface area (Å²) in [6, 6.07) is 9.43. The lowest BCUT2D eigenvalue weighted by Crippen LogP contribution is -2.45. The summed E-state index contributed by atoms with van der Waals surface area (Å²) >= 11 is 5.99. The van der Waals surface area contributed by atoms with Crippen molar-refractivity contribution in [3.05, 3.63) is 58.1 Å². The summed E-state index contributed by atoms with van der Waals surface area (Å²) in [5.74, 6) is -0.412. The zero-order valence-corrected chi connectivity index (χ0v) is 17.1. The maximum absolute atomic E-state index is 12.8. The molecule has 0 radical (unpaired) electrons. The number of aryl methyl sites for hydroxylation is 3. The van der Waals surface area contributed by atoms with E-state index in [2.05, 4.69) is 5.32 Å². The number of sulfonamides is 1. The van der Waals surface area contributed by atoms with Crippen molar-refractivity contribution in [3.8, 4) is 0 Å². The molecule has 0 aliphatic heterocycles. The van der Waals surface area contributed by atoms with Gasteiger partial charge in [0.25, 0.3) is 0 Å². The summed E-state index contributed by atoms with van der Waals surface area (Å²) in [4.78, 5) is 12.8. The summed E-state index contributed by atoms with van der Waals surface area (Å²) in [7, 11) is -3.68. The van der Waals surface area contributed by atoms with E-state index in [9.17, 15) is 13.2 Å². The molecule has 1 amide bonds. The average molecular weight is 395 g/mol. The molecule has 1 atom stereocenters. The van der Waals surface area contributed by atoms with Gasteiger partial charge in [0, 0.05) is 10.7 Å². The molecule has 0 spiro atoms. The fourth-order valence-corrected chi connectivity index (χ4v) is 4.38. The summed E-state index contributed by atoms with van der Waals surface area (Å²) in [5.41, 5.74) is 4.00. The van der Waals surface area contributed by atoms with E-state index in [1.165, 1.54) is 6.07 Å². The number of halogens is 1. The van der Waals surface area contributed by atoms with E-state index in [4.69, 9.17) is 11.6 Å². The third-order valence-electron chi connectivity index (χ3n) is 4.08. The number of hydrogen-bond donors (Lipinski definition) is 1. The molecule has 5 nitrogen and oxygen atoms in total. The SMILES string of the molecule is Cc1cc(C)c(NC(=O)[C@@H](C)N(c2cccc(Cl)c2)S(C)(=O)=O)c(C)c1. The van der Waals surface area contributed by atoms with Gasteiger partial charge in [-0.1, -0.05) is 35.4 Å². The first-order valence-electron chi connectivity index (χ1n) is 8.14. The summed E-state index contributed by atoms with van der Waals surface area (Å²) < 4.78 is 25.7. The molecule has 0 saturated heterocycles. The standard InChI is InChI=1S/C19H23ClN2O3S/c1-12-9-13(2)18(14(3)10-12)21-19(23)15(4)22(26(5,24)25)17-8-6-7-16(20)11-17/h6-11,15H,1-5H3,(H,21,23)/t15-/m1/s1. The van der Waals surface area contributed by atoms with Crippen LogP contribution in [0.1, 0.15) is 23.6 Å². The summed E-state index contributed by atoms with van der Waals surface area (Å²) in [5, 5.41) is 3.26. The molecule has 2 aromatic rings. The van der Waals surface area contributed by atoms with Crippen LogP contribution < -0.4 is 9.62 Å². The Bertz CT molecular complexity index is 919. The maximum Gasteiger partial charge on any atom is 0.248 e. The largest absolute Gasteiger partial charge is 0.324 e. The molecule has 0 saturated carbocycles. The van der Waals surface area contributed by atoms with Crippen LogP contribution in [0.25, 0.3) is 0 Å². The monoisotopic (exact) mass is 394 g/mol. The van der Waals surface area contributed by atoms with E-state index < -0.39 is 22.0 Å². The maximum atomic E-state index is 12.8. The van der Waals surface area contributed by atoms with E-state index in [-0.39, 0.29) is 0 Å². The van der Waals surface area contributed by atoms with Gasteiger partial charge in [-0.3, -0.25) is 9.10 Å². The Morgan fingerprint density at radius 2 is 1.69 bits per heavy atom. The Balaban J connectivity index is 2.38.